The van der Waals surface area contributed by atoms with Crippen LogP contribution in [-0.2, 0) is 9.59 Å². The Morgan fingerprint density at radius 2 is 1.90 bits per heavy atom. The topological polar surface area (TPSA) is 63.6 Å². The molecule has 114 valence electrons. The van der Waals surface area contributed by atoms with Gasteiger partial charge in [0.05, 0.1) is 5.92 Å². The van der Waals surface area contributed by atoms with Crippen LogP contribution >= 0.6 is 0 Å². The molecule has 1 N–H and O–H groups in total. The molecule has 0 aromatic heterocycles. The van der Waals surface area contributed by atoms with Gasteiger partial charge in [-0.05, 0) is 54.4 Å². The standard InChI is InChI=1S/C17H22O4/c1-9(2)12-5-6-13(17(19)20)15-8-16(21-11(4)18)10(3)7-14(12)15/h7-9,12-13H,5-6H2,1-4H3,(H,19,20)/t12-,13?/m0/s1. The molecule has 2 atom stereocenters. The molecule has 4 nitrogen and oxygen atoms in total. The lowest BCUT2D eigenvalue weighted by atomic mass is 9.72. The highest BCUT2D eigenvalue weighted by molar-refractivity contribution is 5.78. The summed E-state index contributed by atoms with van der Waals surface area (Å²) in [5.74, 6) is -0.419. The Morgan fingerprint density at radius 1 is 1.24 bits per heavy atom. The smallest absolute Gasteiger partial charge is 0.310 e. The third-order valence-electron chi connectivity index (χ3n) is 4.28. The number of aliphatic carboxylic acids is 1. The van der Waals surface area contributed by atoms with E-state index in [1.165, 1.54) is 6.92 Å². The Balaban J connectivity index is 2.55. The Kier molecular flexibility index (Phi) is 4.35. The van der Waals surface area contributed by atoms with Crippen LogP contribution in [0.3, 0.4) is 0 Å². The van der Waals surface area contributed by atoms with Gasteiger partial charge in [0.1, 0.15) is 5.75 Å². The van der Waals surface area contributed by atoms with Gasteiger partial charge in [-0.15, -0.1) is 0 Å². The van der Waals surface area contributed by atoms with E-state index in [-0.39, 0.29) is 5.97 Å². The van der Waals surface area contributed by atoms with Gasteiger partial charge in [-0.25, -0.2) is 0 Å². The lowest BCUT2D eigenvalue weighted by molar-refractivity contribution is -0.139. The van der Waals surface area contributed by atoms with Crippen molar-refractivity contribution in [3.63, 3.8) is 0 Å². The molecule has 1 aliphatic carbocycles. The van der Waals surface area contributed by atoms with Crippen molar-refractivity contribution in [1.82, 2.24) is 0 Å². The quantitative estimate of drug-likeness (QED) is 0.682. The number of fused-ring (bicyclic) bond motifs is 1. The van der Waals surface area contributed by atoms with Gasteiger partial charge >= 0.3 is 11.9 Å². The third kappa shape index (κ3) is 3.09. The van der Waals surface area contributed by atoms with Gasteiger partial charge in [-0.3, -0.25) is 9.59 Å². The number of ether oxygens (including phenoxy) is 1. The van der Waals surface area contributed by atoms with Crippen molar-refractivity contribution in [3.8, 4) is 5.75 Å². The lowest BCUT2D eigenvalue weighted by Crippen LogP contribution is -2.23. The van der Waals surface area contributed by atoms with E-state index in [0.29, 0.717) is 24.0 Å². The zero-order chi connectivity index (χ0) is 15.7. The van der Waals surface area contributed by atoms with Crippen LogP contribution in [0.25, 0.3) is 0 Å². The Hall–Kier alpha value is -1.84. The molecule has 0 saturated heterocycles. The minimum absolute atomic E-state index is 0.362. The van der Waals surface area contributed by atoms with Gasteiger partial charge in [0.15, 0.2) is 0 Å². The van der Waals surface area contributed by atoms with Gasteiger partial charge < -0.3 is 9.84 Å². The number of rotatable bonds is 3. The highest BCUT2D eigenvalue weighted by Crippen LogP contribution is 2.44. The normalized spacial score (nSPS) is 21.0. The number of carbonyl (C=O) groups is 2. The molecule has 0 heterocycles. The van der Waals surface area contributed by atoms with Crippen molar-refractivity contribution in [2.45, 2.75) is 52.4 Å². The summed E-state index contributed by atoms with van der Waals surface area (Å²) in [4.78, 5) is 22.7. The molecular formula is C17H22O4. The Labute approximate surface area is 125 Å². The number of carboxylic acids is 1. The second kappa shape index (κ2) is 5.88. The maximum atomic E-state index is 11.5. The summed E-state index contributed by atoms with van der Waals surface area (Å²) in [5.41, 5.74) is 2.77. The van der Waals surface area contributed by atoms with Crippen LogP contribution in [0.2, 0.25) is 0 Å². The molecule has 0 fully saturated rings. The molecule has 1 aromatic carbocycles. The summed E-state index contributed by atoms with van der Waals surface area (Å²) in [6.45, 7) is 7.56. The minimum atomic E-state index is -0.809. The summed E-state index contributed by atoms with van der Waals surface area (Å²) in [7, 11) is 0. The second-order valence-corrected chi connectivity index (χ2v) is 6.16. The first-order chi connectivity index (χ1) is 9.81. The molecule has 0 saturated carbocycles. The zero-order valence-corrected chi connectivity index (χ0v) is 13.0. The molecule has 1 aliphatic rings. The van der Waals surface area contributed by atoms with Gasteiger partial charge in [0.2, 0.25) is 0 Å². The summed E-state index contributed by atoms with van der Waals surface area (Å²) in [6, 6.07) is 3.74. The van der Waals surface area contributed by atoms with Gasteiger partial charge in [-0.1, -0.05) is 19.9 Å². The van der Waals surface area contributed by atoms with E-state index in [0.717, 1.165) is 23.1 Å². The molecule has 1 aromatic rings. The Bertz CT molecular complexity index is 574. The van der Waals surface area contributed by atoms with Crippen LogP contribution in [0, 0.1) is 12.8 Å². The summed E-state index contributed by atoms with van der Waals surface area (Å²) in [6.07, 6.45) is 1.52. The van der Waals surface area contributed by atoms with E-state index in [1.807, 2.05) is 13.0 Å². The molecule has 0 spiro atoms. The van der Waals surface area contributed by atoms with Crippen molar-refractivity contribution in [2.75, 3.05) is 0 Å². The summed E-state index contributed by atoms with van der Waals surface area (Å²) < 4.78 is 5.20. The first-order valence-electron chi connectivity index (χ1n) is 7.37. The van der Waals surface area contributed by atoms with Gasteiger partial charge in [0, 0.05) is 6.92 Å². The monoisotopic (exact) mass is 290 g/mol. The molecule has 2 rings (SSSR count). The minimum Gasteiger partial charge on any atom is -0.481 e. The maximum absolute atomic E-state index is 11.5. The van der Waals surface area contributed by atoms with Crippen LogP contribution in [0.15, 0.2) is 12.1 Å². The van der Waals surface area contributed by atoms with E-state index in [2.05, 4.69) is 13.8 Å². The maximum Gasteiger partial charge on any atom is 0.310 e. The SMILES string of the molecule is CC(=O)Oc1cc2c(cc1C)[C@H](C(C)C)CCC2C(=O)O. The van der Waals surface area contributed by atoms with Crippen LogP contribution in [0.4, 0.5) is 0 Å². The zero-order valence-electron chi connectivity index (χ0n) is 13.0. The average Bonchev–Trinajstić information content (AvgIpc) is 2.37. The second-order valence-electron chi connectivity index (χ2n) is 6.16. The van der Waals surface area contributed by atoms with Crippen molar-refractivity contribution in [1.29, 1.82) is 0 Å². The number of carboxylic acid groups (broad SMARTS) is 1. The fourth-order valence-electron chi connectivity index (χ4n) is 3.22. The van der Waals surface area contributed by atoms with Crippen LogP contribution in [0.1, 0.15) is 62.1 Å². The first-order valence-corrected chi connectivity index (χ1v) is 7.37. The average molecular weight is 290 g/mol. The van der Waals surface area contributed by atoms with Crippen molar-refractivity contribution < 1.29 is 19.4 Å². The van der Waals surface area contributed by atoms with Crippen LogP contribution < -0.4 is 4.74 Å². The molecule has 0 amide bonds. The van der Waals surface area contributed by atoms with Gasteiger partial charge in [-0.2, -0.15) is 0 Å². The van der Waals surface area contributed by atoms with Crippen molar-refractivity contribution in [3.05, 3.63) is 28.8 Å². The summed E-state index contributed by atoms with van der Waals surface area (Å²) in [5, 5.41) is 9.44. The number of aryl methyl sites for hydroxylation is 1. The van der Waals surface area contributed by atoms with Crippen LogP contribution in [-0.4, -0.2) is 17.0 Å². The van der Waals surface area contributed by atoms with Crippen LogP contribution in [0.5, 0.6) is 5.75 Å². The Morgan fingerprint density at radius 3 is 2.43 bits per heavy atom. The molecule has 0 radical (unpaired) electrons. The van der Waals surface area contributed by atoms with Gasteiger partial charge in [0.25, 0.3) is 0 Å². The molecule has 1 unspecified atom stereocenters. The fraction of sp³-hybridized carbons (Fsp3) is 0.529. The molecular weight excluding hydrogens is 268 g/mol. The molecule has 21 heavy (non-hydrogen) atoms. The number of esters is 1. The first kappa shape index (κ1) is 15.5. The van der Waals surface area contributed by atoms with Crippen molar-refractivity contribution in [2.24, 2.45) is 5.92 Å². The van der Waals surface area contributed by atoms with E-state index >= 15 is 0 Å². The highest BCUT2D eigenvalue weighted by atomic mass is 16.5. The summed E-state index contributed by atoms with van der Waals surface area (Å²) >= 11 is 0. The fourth-order valence-corrected chi connectivity index (χ4v) is 3.22. The molecule has 0 aliphatic heterocycles. The molecule has 4 heteroatoms. The lowest BCUT2D eigenvalue weighted by Gasteiger charge is -2.32. The van der Waals surface area contributed by atoms with E-state index in [4.69, 9.17) is 4.74 Å². The third-order valence-corrected chi connectivity index (χ3v) is 4.28. The number of carbonyl (C=O) groups excluding carboxylic acids is 1. The predicted molar refractivity (Wildman–Crippen MR) is 79.7 cm³/mol. The van der Waals surface area contributed by atoms with E-state index in [1.54, 1.807) is 6.07 Å². The van der Waals surface area contributed by atoms with Crippen molar-refractivity contribution >= 4 is 11.9 Å². The van der Waals surface area contributed by atoms with E-state index in [9.17, 15) is 14.7 Å². The number of hydrogen-bond donors (Lipinski definition) is 1. The largest absolute Gasteiger partial charge is 0.481 e. The number of benzene rings is 1. The highest BCUT2D eigenvalue weighted by Gasteiger charge is 2.33. The number of hydrogen-bond acceptors (Lipinski definition) is 3. The predicted octanol–water partition coefficient (Wildman–Crippen LogP) is 3.62. The molecule has 0 bridgehead atoms. The van der Waals surface area contributed by atoms with E-state index < -0.39 is 11.9 Å².